The first kappa shape index (κ1) is 16.0. The highest BCUT2D eigenvalue weighted by atomic mass is 32.1. The van der Waals surface area contributed by atoms with Crippen molar-refractivity contribution in [3.63, 3.8) is 0 Å². The SMILES string of the molecule is CCN(Cc1cccs1)Cc1nnc2n(C)c(=O)c3ccccc3n12. The van der Waals surface area contributed by atoms with Crippen molar-refractivity contribution < 1.29 is 0 Å². The third-order valence-corrected chi connectivity index (χ3v) is 5.33. The van der Waals surface area contributed by atoms with Gasteiger partial charge in [0.2, 0.25) is 5.78 Å². The number of aromatic nitrogens is 4. The molecule has 0 aliphatic heterocycles. The summed E-state index contributed by atoms with van der Waals surface area (Å²) in [5.74, 6) is 1.42. The molecule has 0 saturated heterocycles. The quantitative estimate of drug-likeness (QED) is 0.553. The van der Waals surface area contributed by atoms with Gasteiger partial charge in [-0.25, -0.2) is 0 Å². The molecule has 0 spiro atoms. The molecule has 4 rings (SSSR count). The van der Waals surface area contributed by atoms with E-state index in [-0.39, 0.29) is 5.56 Å². The fourth-order valence-corrected chi connectivity index (χ4v) is 3.84. The van der Waals surface area contributed by atoms with E-state index < -0.39 is 0 Å². The van der Waals surface area contributed by atoms with E-state index in [0.29, 0.717) is 17.7 Å². The minimum atomic E-state index is -0.0482. The second-order valence-corrected chi connectivity index (χ2v) is 7.05. The molecule has 4 aromatic rings. The van der Waals surface area contributed by atoms with Crippen molar-refractivity contribution in [1.82, 2.24) is 24.1 Å². The van der Waals surface area contributed by atoms with Crippen molar-refractivity contribution in [3.8, 4) is 0 Å². The molecule has 0 bridgehead atoms. The maximum atomic E-state index is 12.5. The summed E-state index contributed by atoms with van der Waals surface area (Å²) in [6.07, 6.45) is 0. The van der Waals surface area contributed by atoms with E-state index in [1.54, 1.807) is 23.0 Å². The Hall–Kier alpha value is -2.51. The second-order valence-electron chi connectivity index (χ2n) is 6.02. The van der Waals surface area contributed by atoms with Crippen LogP contribution in [0.25, 0.3) is 16.7 Å². The highest BCUT2D eigenvalue weighted by Gasteiger charge is 2.16. The van der Waals surface area contributed by atoms with Crippen LogP contribution >= 0.6 is 11.3 Å². The Kier molecular flexibility index (Phi) is 4.10. The van der Waals surface area contributed by atoms with Crippen LogP contribution in [0, 0.1) is 0 Å². The monoisotopic (exact) mass is 353 g/mol. The van der Waals surface area contributed by atoms with E-state index in [2.05, 4.69) is 39.5 Å². The van der Waals surface area contributed by atoms with Gasteiger partial charge in [0.1, 0.15) is 0 Å². The molecule has 0 saturated carbocycles. The number of hydrogen-bond donors (Lipinski definition) is 0. The van der Waals surface area contributed by atoms with E-state index in [4.69, 9.17) is 0 Å². The van der Waals surface area contributed by atoms with Crippen LogP contribution in [-0.4, -0.2) is 30.6 Å². The number of thiophene rings is 1. The summed E-state index contributed by atoms with van der Waals surface area (Å²) in [4.78, 5) is 16.2. The van der Waals surface area contributed by atoms with Crippen LogP contribution in [0.5, 0.6) is 0 Å². The molecule has 3 heterocycles. The van der Waals surface area contributed by atoms with Crippen LogP contribution in [0.3, 0.4) is 0 Å². The summed E-state index contributed by atoms with van der Waals surface area (Å²) in [5.41, 5.74) is 0.806. The molecular formula is C18H19N5OS. The van der Waals surface area contributed by atoms with Gasteiger partial charge in [-0.1, -0.05) is 25.1 Å². The Morgan fingerprint density at radius 1 is 1.12 bits per heavy atom. The standard InChI is InChI=1S/C18H19N5OS/c1-3-22(11-13-7-6-10-25-13)12-16-19-20-18-21(2)17(24)14-8-4-5-9-15(14)23(16)18/h4-10H,3,11-12H2,1-2H3. The van der Waals surface area contributed by atoms with Crippen LogP contribution < -0.4 is 5.56 Å². The topological polar surface area (TPSA) is 55.4 Å². The summed E-state index contributed by atoms with van der Waals surface area (Å²) in [6, 6.07) is 11.8. The lowest BCUT2D eigenvalue weighted by molar-refractivity contribution is 0.266. The number of rotatable bonds is 5. The first-order chi connectivity index (χ1) is 12.2. The zero-order chi connectivity index (χ0) is 17.4. The molecular weight excluding hydrogens is 334 g/mol. The molecule has 1 aromatic carbocycles. The molecule has 25 heavy (non-hydrogen) atoms. The predicted molar refractivity (Wildman–Crippen MR) is 99.8 cm³/mol. The number of para-hydroxylation sites is 1. The minimum absolute atomic E-state index is 0.0482. The molecule has 0 unspecified atom stereocenters. The van der Waals surface area contributed by atoms with Crippen molar-refractivity contribution in [2.24, 2.45) is 7.05 Å². The van der Waals surface area contributed by atoms with Crippen molar-refractivity contribution in [2.75, 3.05) is 6.54 Å². The van der Waals surface area contributed by atoms with Gasteiger partial charge in [-0.05, 0) is 30.1 Å². The third kappa shape index (κ3) is 2.75. The van der Waals surface area contributed by atoms with Gasteiger partial charge in [0.05, 0.1) is 17.4 Å². The van der Waals surface area contributed by atoms with Gasteiger partial charge >= 0.3 is 0 Å². The summed E-state index contributed by atoms with van der Waals surface area (Å²) in [6.45, 7) is 4.62. The fraction of sp³-hybridized carbons (Fsp3) is 0.278. The van der Waals surface area contributed by atoms with Gasteiger partial charge in [0.15, 0.2) is 5.82 Å². The Morgan fingerprint density at radius 2 is 1.96 bits per heavy atom. The maximum absolute atomic E-state index is 12.5. The lowest BCUT2D eigenvalue weighted by Gasteiger charge is -2.18. The largest absolute Gasteiger partial charge is 0.291 e. The van der Waals surface area contributed by atoms with Gasteiger partial charge in [-0.3, -0.25) is 18.7 Å². The highest BCUT2D eigenvalue weighted by molar-refractivity contribution is 7.09. The summed E-state index contributed by atoms with van der Waals surface area (Å²) in [5, 5.41) is 11.4. The number of aryl methyl sites for hydroxylation is 1. The average molecular weight is 353 g/mol. The summed E-state index contributed by atoms with van der Waals surface area (Å²) >= 11 is 1.76. The molecule has 3 aromatic heterocycles. The molecule has 128 valence electrons. The van der Waals surface area contributed by atoms with Gasteiger partial charge < -0.3 is 0 Å². The number of benzene rings is 1. The minimum Gasteiger partial charge on any atom is -0.291 e. The molecule has 0 aliphatic rings. The van der Waals surface area contributed by atoms with Crippen LogP contribution in [0.15, 0.2) is 46.6 Å². The lowest BCUT2D eigenvalue weighted by Crippen LogP contribution is -2.24. The predicted octanol–water partition coefficient (Wildman–Crippen LogP) is 2.66. The van der Waals surface area contributed by atoms with E-state index in [1.165, 1.54) is 4.88 Å². The van der Waals surface area contributed by atoms with Gasteiger partial charge in [0, 0.05) is 18.5 Å². The average Bonchev–Trinajstić information content (AvgIpc) is 3.29. The lowest BCUT2D eigenvalue weighted by atomic mass is 10.2. The first-order valence-electron chi connectivity index (χ1n) is 8.25. The molecule has 6 nitrogen and oxygen atoms in total. The van der Waals surface area contributed by atoms with E-state index >= 15 is 0 Å². The van der Waals surface area contributed by atoms with Gasteiger partial charge in [0.25, 0.3) is 5.56 Å². The zero-order valence-corrected chi connectivity index (χ0v) is 15.0. The van der Waals surface area contributed by atoms with Crippen LogP contribution in [0.4, 0.5) is 0 Å². The van der Waals surface area contributed by atoms with Gasteiger partial charge in [-0.15, -0.1) is 21.5 Å². The zero-order valence-electron chi connectivity index (χ0n) is 14.2. The third-order valence-electron chi connectivity index (χ3n) is 4.46. The van der Waals surface area contributed by atoms with E-state index in [0.717, 1.165) is 24.4 Å². The Labute approximate surface area is 149 Å². The van der Waals surface area contributed by atoms with E-state index in [1.807, 2.05) is 28.7 Å². The number of nitrogens with zero attached hydrogens (tertiary/aromatic N) is 5. The maximum Gasteiger partial charge on any atom is 0.262 e. The Bertz CT molecular complexity index is 1080. The van der Waals surface area contributed by atoms with Gasteiger partial charge in [-0.2, -0.15) is 0 Å². The van der Waals surface area contributed by atoms with Crippen molar-refractivity contribution in [1.29, 1.82) is 0 Å². The number of fused-ring (bicyclic) bond motifs is 3. The Morgan fingerprint density at radius 3 is 2.72 bits per heavy atom. The highest BCUT2D eigenvalue weighted by Crippen LogP contribution is 2.17. The second kappa shape index (κ2) is 6.42. The number of hydrogen-bond acceptors (Lipinski definition) is 5. The molecule has 0 aliphatic carbocycles. The normalized spacial score (nSPS) is 11.8. The fourth-order valence-electron chi connectivity index (χ4n) is 3.10. The molecule has 0 amide bonds. The van der Waals surface area contributed by atoms with Crippen LogP contribution in [-0.2, 0) is 20.1 Å². The van der Waals surface area contributed by atoms with Crippen LogP contribution in [0.2, 0.25) is 0 Å². The summed E-state index contributed by atoms with van der Waals surface area (Å²) in [7, 11) is 1.74. The molecule has 7 heteroatoms. The molecule has 0 radical (unpaired) electrons. The first-order valence-corrected chi connectivity index (χ1v) is 9.13. The molecule has 0 atom stereocenters. The molecule has 0 N–H and O–H groups in total. The van der Waals surface area contributed by atoms with Crippen molar-refractivity contribution in [3.05, 3.63) is 62.8 Å². The smallest absolute Gasteiger partial charge is 0.262 e. The Balaban J connectivity index is 1.81. The molecule has 0 fully saturated rings. The summed E-state index contributed by atoms with van der Waals surface area (Å²) < 4.78 is 3.56. The van der Waals surface area contributed by atoms with Crippen molar-refractivity contribution in [2.45, 2.75) is 20.0 Å². The van der Waals surface area contributed by atoms with Crippen LogP contribution in [0.1, 0.15) is 17.6 Å². The van der Waals surface area contributed by atoms with E-state index in [9.17, 15) is 4.79 Å². The van der Waals surface area contributed by atoms with Crippen molar-refractivity contribution >= 4 is 28.0 Å².